The molecule has 8 heteroatoms. The van der Waals surface area contributed by atoms with Gasteiger partial charge in [0.05, 0.1) is 12.2 Å². The third kappa shape index (κ3) is 6.91. The number of para-hydroxylation sites is 1. The van der Waals surface area contributed by atoms with Crippen molar-refractivity contribution in [3.63, 3.8) is 0 Å². The van der Waals surface area contributed by atoms with Crippen molar-refractivity contribution in [2.24, 2.45) is 11.8 Å². The molecule has 0 radical (unpaired) electrons. The van der Waals surface area contributed by atoms with Crippen LogP contribution in [-0.4, -0.2) is 34.9 Å². The molecule has 0 aliphatic heterocycles. The number of rotatable bonds is 8. The number of aromatic nitrogens is 1. The second-order valence-electron chi connectivity index (χ2n) is 7.41. The zero-order valence-electron chi connectivity index (χ0n) is 16.7. The molecule has 6 nitrogen and oxygen atoms in total. The molecule has 0 aliphatic carbocycles. The van der Waals surface area contributed by atoms with Crippen LogP contribution >= 0.6 is 27.3 Å². The highest BCUT2D eigenvalue weighted by molar-refractivity contribution is 9.10. The number of halogens is 1. The number of carbonyl (C=O) groups excluding carboxylic acids is 2. The average Bonchev–Trinajstić information content (AvgIpc) is 3.09. The molecular weight excluding hydrogens is 440 g/mol. The maximum Gasteiger partial charge on any atom is 0.322 e. The largest absolute Gasteiger partial charge is 0.350 e. The second-order valence-corrected chi connectivity index (χ2v) is 9.21. The molecule has 3 amide bonds. The number of anilines is 1. The van der Waals surface area contributed by atoms with Gasteiger partial charge in [-0.15, -0.1) is 11.3 Å². The molecule has 0 fully saturated rings. The standard InChI is InChI=1S/C20H27BrN4O2S/c1-13(2)9-22-19(26)17-12-28-18(23-17)11-25(10-14(3)4)20(27)24-16-8-6-5-7-15(16)21/h5-8,12-14H,9-11H2,1-4H3,(H,22,26)(H,24,27). The van der Waals surface area contributed by atoms with Gasteiger partial charge >= 0.3 is 6.03 Å². The lowest BCUT2D eigenvalue weighted by Crippen LogP contribution is -2.37. The lowest BCUT2D eigenvalue weighted by atomic mass is 10.2. The van der Waals surface area contributed by atoms with Gasteiger partial charge in [0.15, 0.2) is 0 Å². The topological polar surface area (TPSA) is 74.3 Å². The van der Waals surface area contributed by atoms with E-state index in [1.54, 1.807) is 10.3 Å². The summed E-state index contributed by atoms with van der Waals surface area (Å²) >= 11 is 4.84. The summed E-state index contributed by atoms with van der Waals surface area (Å²) in [6, 6.07) is 7.30. The molecule has 0 aliphatic rings. The molecule has 0 unspecified atom stereocenters. The second kappa shape index (κ2) is 10.6. The van der Waals surface area contributed by atoms with E-state index < -0.39 is 0 Å². The minimum atomic E-state index is -0.193. The fourth-order valence-corrected chi connectivity index (χ4v) is 3.63. The first-order valence-corrected chi connectivity index (χ1v) is 11.0. The molecule has 152 valence electrons. The van der Waals surface area contributed by atoms with E-state index in [0.717, 1.165) is 9.48 Å². The zero-order valence-corrected chi connectivity index (χ0v) is 19.1. The van der Waals surface area contributed by atoms with E-state index >= 15 is 0 Å². The summed E-state index contributed by atoms with van der Waals surface area (Å²) in [6.45, 7) is 9.76. The van der Waals surface area contributed by atoms with E-state index in [9.17, 15) is 9.59 Å². The van der Waals surface area contributed by atoms with Crippen molar-refractivity contribution in [2.45, 2.75) is 34.2 Å². The van der Waals surface area contributed by atoms with Crippen LogP contribution in [0.5, 0.6) is 0 Å². The molecule has 2 aromatic rings. The first-order chi connectivity index (χ1) is 13.3. The monoisotopic (exact) mass is 466 g/mol. The molecule has 0 atom stereocenters. The lowest BCUT2D eigenvalue weighted by molar-refractivity contribution is 0.0944. The average molecular weight is 467 g/mol. The summed E-state index contributed by atoms with van der Waals surface area (Å²) in [5.41, 5.74) is 1.12. The van der Waals surface area contributed by atoms with Gasteiger partial charge in [-0.1, -0.05) is 39.8 Å². The van der Waals surface area contributed by atoms with Gasteiger partial charge in [-0.05, 0) is 39.9 Å². The Morgan fingerprint density at radius 1 is 1.18 bits per heavy atom. The van der Waals surface area contributed by atoms with Crippen LogP contribution in [-0.2, 0) is 6.54 Å². The number of amides is 3. The van der Waals surface area contributed by atoms with E-state index in [4.69, 9.17) is 0 Å². The number of nitrogens with zero attached hydrogens (tertiary/aromatic N) is 2. The normalized spacial score (nSPS) is 11.0. The van der Waals surface area contributed by atoms with Gasteiger partial charge in [0.25, 0.3) is 5.91 Å². The minimum absolute atomic E-state index is 0.177. The Balaban J connectivity index is 2.06. The zero-order chi connectivity index (χ0) is 20.7. The van der Waals surface area contributed by atoms with Crippen molar-refractivity contribution in [3.8, 4) is 0 Å². The SMILES string of the molecule is CC(C)CNC(=O)c1csc(CN(CC(C)C)C(=O)Nc2ccccc2Br)n1. The Hall–Kier alpha value is -1.93. The predicted octanol–water partition coefficient (Wildman–Crippen LogP) is 4.98. The molecular formula is C20H27BrN4O2S. The quantitative estimate of drug-likeness (QED) is 0.575. The summed E-state index contributed by atoms with van der Waals surface area (Å²) < 4.78 is 0.825. The number of thiazole rings is 1. The van der Waals surface area contributed by atoms with Gasteiger partial charge in [0, 0.05) is 22.9 Å². The molecule has 1 heterocycles. The van der Waals surface area contributed by atoms with Gasteiger partial charge < -0.3 is 15.5 Å². The maximum absolute atomic E-state index is 12.8. The highest BCUT2D eigenvalue weighted by Crippen LogP contribution is 2.22. The first kappa shape index (κ1) is 22.4. The highest BCUT2D eigenvalue weighted by Gasteiger charge is 2.19. The van der Waals surface area contributed by atoms with Crippen LogP contribution in [0.2, 0.25) is 0 Å². The Labute approximate surface area is 178 Å². The van der Waals surface area contributed by atoms with Crippen molar-refractivity contribution in [3.05, 3.63) is 44.8 Å². The summed E-state index contributed by atoms with van der Waals surface area (Å²) in [5.74, 6) is 0.507. The van der Waals surface area contributed by atoms with Crippen LogP contribution in [0.4, 0.5) is 10.5 Å². The van der Waals surface area contributed by atoms with E-state index in [0.29, 0.717) is 42.9 Å². The van der Waals surface area contributed by atoms with E-state index in [1.165, 1.54) is 11.3 Å². The first-order valence-electron chi connectivity index (χ1n) is 9.29. The molecule has 0 saturated carbocycles. The number of hydrogen-bond donors (Lipinski definition) is 2. The lowest BCUT2D eigenvalue weighted by Gasteiger charge is -2.24. The molecule has 0 bridgehead atoms. The fourth-order valence-electron chi connectivity index (χ4n) is 2.46. The predicted molar refractivity (Wildman–Crippen MR) is 118 cm³/mol. The molecule has 1 aromatic carbocycles. The van der Waals surface area contributed by atoms with Crippen LogP contribution in [0.3, 0.4) is 0 Å². The van der Waals surface area contributed by atoms with Gasteiger partial charge in [-0.25, -0.2) is 9.78 Å². The van der Waals surface area contributed by atoms with Gasteiger partial charge in [-0.2, -0.15) is 0 Å². The summed E-state index contributed by atoms with van der Waals surface area (Å²) in [5, 5.41) is 8.28. The number of hydrogen-bond acceptors (Lipinski definition) is 4. The molecule has 2 rings (SSSR count). The molecule has 1 aromatic heterocycles. The number of carbonyl (C=O) groups is 2. The van der Waals surface area contributed by atoms with Gasteiger partial charge in [-0.3, -0.25) is 4.79 Å². The highest BCUT2D eigenvalue weighted by atomic mass is 79.9. The smallest absolute Gasteiger partial charge is 0.322 e. The van der Waals surface area contributed by atoms with Crippen LogP contribution in [0.1, 0.15) is 43.2 Å². The summed E-state index contributed by atoms with van der Waals surface area (Å²) in [6.07, 6.45) is 0. The van der Waals surface area contributed by atoms with E-state index in [-0.39, 0.29) is 11.9 Å². The fraction of sp³-hybridized carbons (Fsp3) is 0.450. The van der Waals surface area contributed by atoms with Crippen LogP contribution in [0.15, 0.2) is 34.1 Å². The van der Waals surface area contributed by atoms with Crippen LogP contribution in [0, 0.1) is 11.8 Å². The maximum atomic E-state index is 12.8. The van der Waals surface area contributed by atoms with Crippen molar-refractivity contribution in [1.29, 1.82) is 0 Å². The Morgan fingerprint density at radius 3 is 2.54 bits per heavy atom. The van der Waals surface area contributed by atoms with Crippen LogP contribution < -0.4 is 10.6 Å². The number of urea groups is 1. The third-order valence-corrected chi connectivity index (χ3v) is 5.29. The molecule has 0 saturated heterocycles. The van der Waals surface area contributed by atoms with E-state index in [2.05, 4.69) is 45.4 Å². The summed E-state index contributed by atoms with van der Waals surface area (Å²) in [7, 11) is 0. The van der Waals surface area contributed by atoms with Crippen molar-refractivity contribution in [2.75, 3.05) is 18.4 Å². The van der Waals surface area contributed by atoms with Gasteiger partial charge in [0.1, 0.15) is 10.7 Å². The summed E-state index contributed by atoms with van der Waals surface area (Å²) in [4.78, 5) is 31.1. The Bertz CT molecular complexity index is 807. The molecule has 28 heavy (non-hydrogen) atoms. The molecule has 0 spiro atoms. The van der Waals surface area contributed by atoms with E-state index in [1.807, 2.05) is 38.1 Å². The molecule has 2 N–H and O–H groups in total. The van der Waals surface area contributed by atoms with Crippen LogP contribution in [0.25, 0.3) is 0 Å². The minimum Gasteiger partial charge on any atom is -0.350 e. The number of benzene rings is 1. The van der Waals surface area contributed by atoms with Crippen molar-refractivity contribution in [1.82, 2.24) is 15.2 Å². The Morgan fingerprint density at radius 2 is 1.89 bits per heavy atom. The van der Waals surface area contributed by atoms with Crippen molar-refractivity contribution >= 4 is 44.9 Å². The number of nitrogens with one attached hydrogen (secondary N) is 2. The third-order valence-electron chi connectivity index (χ3n) is 3.77. The van der Waals surface area contributed by atoms with Crippen molar-refractivity contribution < 1.29 is 9.59 Å². The Kier molecular flexibility index (Phi) is 8.44. The van der Waals surface area contributed by atoms with Gasteiger partial charge in [0.2, 0.25) is 0 Å².